The van der Waals surface area contributed by atoms with Gasteiger partial charge in [-0.2, -0.15) is 0 Å². The SMILES string of the molecule is O=C(Nc1ccccc1F)c1nc(-c2ccc(F)cc2)n(-c2ccc(F)cc2)n1. The fourth-order valence-electron chi connectivity index (χ4n) is 2.70. The Morgan fingerprint density at radius 1 is 0.828 bits per heavy atom. The van der Waals surface area contributed by atoms with Crippen LogP contribution < -0.4 is 5.32 Å². The second-order valence-electron chi connectivity index (χ2n) is 6.09. The van der Waals surface area contributed by atoms with Crippen molar-refractivity contribution < 1.29 is 18.0 Å². The average Bonchev–Trinajstić information content (AvgIpc) is 3.16. The Kier molecular flexibility index (Phi) is 4.82. The molecule has 1 aromatic heterocycles. The van der Waals surface area contributed by atoms with Crippen LogP contribution in [0.25, 0.3) is 17.1 Å². The highest BCUT2D eigenvalue weighted by atomic mass is 19.1. The zero-order chi connectivity index (χ0) is 20.4. The fourth-order valence-corrected chi connectivity index (χ4v) is 2.70. The van der Waals surface area contributed by atoms with Crippen molar-refractivity contribution in [3.05, 3.63) is 96.1 Å². The fraction of sp³-hybridized carbons (Fsp3) is 0. The molecule has 0 atom stereocenters. The molecule has 0 saturated carbocycles. The number of nitrogens with one attached hydrogen (secondary N) is 1. The van der Waals surface area contributed by atoms with Gasteiger partial charge >= 0.3 is 0 Å². The second kappa shape index (κ2) is 7.59. The molecule has 0 spiro atoms. The summed E-state index contributed by atoms with van der Waals surface area (Å²) in [7, 11) is 0. The molecule has 4 aromatic rings. The quantitative estimate of drug-likeness (QED) is 0.550. The van der Waals surface area contributed by atoms with E-state index in [1.165, 1.54) is 71.4 Å². The maximum absolute atomic E-state index is 13.8. The number of carbonyl (C=O) groups is 1. The first-order chi connectivity index (χ1) is 14.0. The number of para-hydroxylation sites is 1. The molecular formula is C21H13F3N4O. The van der Waals surface area contributed by atoms with Crippen LogP contribution in [0.5, 0.6) is 0 Å². The number of anilines is 1. The van der Waals surface area contributed by atoms with Gasteiger partial charge in [-0.25, -0.2) is 22.8 Å². The lowest BCUT2D eigenvalue weighted by atomic mass is 10.2. The number of benzene rings is 3. The molecule has 1 heterocycles. The van der Waals surface area contributed by atoms with Gasteiger partial charge < -0.3 is 5.32 Å². The summed E-state index contributed by atoms with van der Waals surface area (Å²) in [5.74, 6) is -2.17. The molecule has 0 fully saturated rings. The molecule has 4 rings (SSSR count). The summed E-state index contributed by atoms with van der Waals surface area (Å²) in [6, 6.07) is 16.6. The van der Waals surface area contributed by atoms with Crippen LogP contribution in [0.3, 0.4) is 0 Å². The van der Waals surface area contributed by atoms with E-state index >= 15 is 0 Å². The Balaban J connectivity index is 1.76. The number of carbonyl (C=O) groups excluding carboxylic acids is 1. The summed E-state index contributed by atoms with van der Waals surface area (Å²) in [6.45, 7) is 0. The van der Waals surface area contributed by atoms with E-state index in [4.69, 9.17) is 0 Å². The Bertz CT molecular complexity index is 1110. The monoisotopic (exact) mass is 394 g/mol. The lowest BCUT2D eigenvalue weighted by Gasteiger charge is -2.05. The first kappa shape index (κ1) is 18.4. The number of rotatable bonds is 4. The van der Waals surface area contributed by atoms with E-state index in [2.05, 4.69) is 15.4 Å². The van der Waals surface area contributed by atoms with E-state index in [-0.39, 0.29) is 17.3 Å². The van der Waals surface area contributed by atoms with E-state index in [9.17, 15) is 18.0 Å². The molecule has 144 valence electrons. The van der Waals surface area contributed by atoms with Crippen molar-refractivity contribution in [1.82, 2.24) is 14.8 Å². The first-order valence-corrected chi connectivity index (χ1v) is 8.56. The molecule has 0 bridgehead atoms. The summed E-state index contributed by atoms with van der Waals surface area (Å²) in [5, 5.41) is 6.61. The van der Waals surface area contributed by atoms with E-state index in [0.717, 1.165) is 0 Å². The third-order valence-electron chi connectivity index (χ3n) is 4.11. The maximum atomic E-state index is 13.8. The van der Waals surface area contributed by atoms with Gasteiger partial charge in [-0.05, 0) is 60.7 Å². The highest BCUT2D eigenvalue weighted by Crippen LogP contribution is 2.22. The molecule has 0 aliphatic carbocycles. The molecule has 0 saturated heterocycles. The summed E-state index contributed by atoms with van der Waals surface area (Å²) in [6.07, 6.45) is 0. The smallest absolute Gasteiger partial charge is 0.295 e. The zero-order valence-electron chi connectivity index (χ0n) is 14.8. The maximum Gasteiger partial charge on any atom is 0.295 e. The normalized spacial score (nSPS) is 10.7. The minimum Gasteiger partial charge on any atom is -0.317 e. The van der Waals surface area contributed by atoms with Crippen molar-refractivity contribution in [2.24, 2.45) is 0 Å². The third kappa shape index (κ3) is 3.86. The van der Waals surface area contributed by atoms with Gasteiger partial charge in [-0.15, -0.1) is 5.10 Å². The van der Waals surface area contributed by atoms with Crippen LogP contribution in [0.4, 0.5) is 18.9 Å². The van der Waals surface area contributed by atoms with E-state index < -0.39 is 23.4 Å². The summed E-state index contributed by atoms with van der Waals surface area (Å²) >= 11 is 0. The van der Waals surface area contributed by atoms with Gasteiger partial charge in [0, 0.05) is 5.56 Å². The molecule has 0 aliphatic rings. The van der Waals surface area contributed by atoms with Crippen LogP contribution in [0.1, 0.15) is 10.6 Å². The van der Waals surface area contributed by atoms with E-state index in [1.54, 1.807) is 6.07 Å². The number of nitrogens with zero attached hydrogens (tertiary/aromatic N) is 3. The first-order valence-electron chi connectivity index (χ1n) is 8.56. The average molecular weight is 394 g/mol. The lowest BCUT2D eigenvalue weighted by Crippen LogP contribution is -2.15. The zero-order valence-corrected chi connectivity index (χ0v) is 14.8. The largest absolute Gasteiger partial charge is 0.317 e. The van der Waals surface area contributed by atoms with Crippen LogP contribution in [0, 0.1) is 17.5 Å². The number of aromatic nitrogens is 3. The second-order valence-corrected chi connectivity index (χ2v) is 6.09. The molecule has 0 radical (unpaired) electrons. The summed E-state index contributed by atoms with van der Waals surface area (Å²) in [5.41, 5.74) is 0.926. The van der Waals surface area contributed by atoms with Crippen LogP contribution in [-0.2, 0) is 0 Å². The van der Waals surface area contributed by atoms with Gasteiger partial charge in [0.05, 0.1) is 11.4 Å². The Morgan fingerprint density at radius 3 is 2.10 bits per heavy atom. The van der Waals surface area contributed by atoms with Crippen molar-refractivity contribution in [2.45, 2.75) is 0 Å². The minimum atomic E-state index is -0.723. The van der Waals surface area contributed by atoms with Crippen LogP contribution >= 0.6 is 0 Å². The van der Waals surface area contributed by atoms with Crippen molar-refractivity contribution in [3.8, 4) is 17.1 Å². The van der Waals surface area contributed by atoms with Crippen LogP contribution in [0.15, 0.2) is 72.8 Å². The Hall–Kier alpha value is -3.94. The lowest BCUT2D eigenvalue weighted by molar-refractivity contribution is 0.101. The molecule has 3 aromatic carbocycles. The predicted octanol–water partition coefficient (Wildman–Crippen LogP) is 4.60. The van der Waals surface area contributed by atoms with Crippen LogP contribution in [-0.4, -0.2) is 20.7 Å². The van der Waals surface area contributed by atoms with Gasteiger partial charge in [-0.3, -0.25) is 4.79 Å². The highest BCUT2D eigenvalue weighted by Gasteiger charge is 2.20. The van der Waals surface area contributed by atoms with E-state index in [1.807, 2.05) is 0 Å². The molecule has 1 amide bonds. The molecule has 8 heteroatoms. The summed E-state index contributed by atoms with van der Waals surface area (Å²) < 4.78 is 41.8. The molecule has 1 N–H and O–H groups in total. The Labute approximate surface area is 163 Å². The summed E-state index contributed by atoms with van der Waals surface area (Å²) in [4.78, 5) is 16.8. The van der Waals surface area contributed by atoms with Gasteiger partial charge in [-0.1, -0.05) is 12.1 Å². The Morgan fingerprint density at radius 2 is 1.45 bits per heavy atom. The highest BCUT2D eigenvalue weighted by molar-refractivity contribution is 6.01. The van der Waals surface area contributed by atoms with Crippen molar-refractivity contribution in [3.63, 3.8) is 0 Å². The van der Waals surface area contributed by atoms with Gasteiger partial charge in [0.15, 0.2) is 5.82 Å². The van der Waals surface area contributed by atoms with Crippen molar-refractivity contribution in [1.29, 1.82) is 0 Å². The van der Waals surface area contributed by atoms with Crippen molar-refractivity contribution >= 4 is 11.6 Å². The molecule has 5 nitrogen and oxygen atoms in total. The minimum absolute atomic E-state index is 0.0148. The van der Waals surface area contributed by atoms with Gasteiger partial charge in [0.2, 0.25) is 5.82 Å². The topological polar surface area (TPSA) is 59.8 Å². The van der Waals surface area contributed by atoms with Crippen LogP contribution in [0.2, 0.25) is 0 Å². The third-order valence-corrected chi connectivity index (χ3v) is 4.11. The number of hydrogen-bond acceptors (Lipinski definition) is 3. The number of amides is 1. The molecule has 29 heavy (non-hydrogen) atoms. The van der Waals surface area contributed by atoms with Gasteiger partial charge in [0.25, 0.3) is 5.91 Å². The molecular weight excluding hydrogens is 381 g/mol. The van der Waals surface area contributed by atoms with Crippen molar-refractivity contribution in [2.75, 3.05) is 5.32 Å². The number of halogens is 3. The standard InChI is InChI=1S/C21H13F3N4O/c22-14-7-5-13(6-8-14)20-26-19(21(29)25-18-4-2-1-3-17(18)24)27-28(20)16-11-9-15(23)10-12-16/h1-12H,(H,25,29). The van der Waals surface area contributed by atoms with E-state index in [0.29, 0.717) is 11.3 Å². The predicted molar refractivity (Wildman–Crippen MR) is 101 cm³/mol. The number of hydrogen-bond donors (Lipinski definition) is 1. The molecule has 0 unspecified atom stereocenters. The molecule has 0 aliphatic heterocycles. The van der Waals surface area contributed by atoms with Gasteiger partial charge in [0.1, 0.15) is 17.5 Å².